The van der Waals surface area contributed by atoms with Crippen molar-refractivity contribution in [2.45, 2.75) is 52.0 Å². The van der Waals surface area contributed by atoms with Crippen LogP contribution in [0.2, 0.25) is 25.7 Å². The molecule has 0 amide bonds. The Kier molecular flexibility index (Phi) is 7.40. The molecule has 0 radical (unpaired) electrons. The molecule has 2 aromatic carbocycles. The van der Waals surface area contributed by atoms with Crippen molar-refractivity contribution in [2.75, 3.05) is 6.61 Å². The summed E-state index contributed by atoms with van der Waals surface area (Å²) in [5.74, 6) is -2.02. The zero-order chi connectivity index (χ0) is 26.0. The molecule has 1 fully saturated rings. The zero-order valence-electron chi connectivity index (χ0n) is 21.2. The Morgan fingerprint density at radius 1 is 1.11 bits per heavy atom. The summed E-state index contributed by atoms with van der Waals surface area (Å²) in [6.45, 7) is 9.05. The standard InChI is InChI=1S/C27H33N3O5Si/c1-17-5-12-23-22(15-17)26(33)30(29-28-23)16-19-8-11-21(25(32)18-6-9-20(31)10-7-18)24(19)27(34)35-13-14-36(2,3)4/h5-7,9-10,12,15,19,21,24,31H,8,11,13-14,16H2,1-4H3/t19-,21-,24-/m0/s1. The Balaban J connectivity index is 1.62. The maximum absolute atomic E-state index is 13.4. The zero-order valence-corrected chi connectivity index (χ0v) is 22.2. The summed E-state index contributed by atoms with van der Waals surface area (Å²) >= 11 is 0. The molecule has 3 aromatic rings. The van der Waals surface area contributed by atoms with Gasteiger partial charge in [0.05, 0.1) is 24.5 Å². The number of carbonyl (C=O) groups is 2. The molecule has 36 heavy (non-hydrogen) atoms. The molecule has 8 nitrogen and oxygen atoms in total. The number of ether oxygens (including phenoxy) is 1. The summed E-state index contributed by atoms with van der Waals surface area (Å²) in [5.41, 5.74) is 1.65. The predicted octanol–water partition coefficient (Wildman–Crippen LogP) is 4.21. The van der Waals surface area contributed by atoms with Crippen LogP contribution in [-0.4, -0.2) is 46.5 Å². The van der Waals surface area contributed by atoms with Gasteiger partial charge in [-0.15, -0.1) is 5.10 Å². The number of carbonyl (C=O) groups excluding carboxylic acids is 2. The first-order valence-electron chi connectivity index (χ1n) is 12.4. The number of phenolic OH excluding ortho intramolecular Hbond substituents is 1. The topological polar surface area (TPSA) is 111 Å². The van der Waals surface area contributed by atoms with Gasteiger partial charge in [-0.3, -0.25) is 14.4 Å². The van der Waals surface area contributed by atoms with Gasteiger partial charge in [-0.1, -0.05) is 36.5 Å². The quantitative estimate of drug-likeness (QED) is 0.276. The number of hydrogen-bond acceptors (Lipinski definition) is 7. The van der Waals surface area contributed by atoms with Crippen molar-refractivity contribution in [1.29, 1.82) is 0 Å². The lowest BCUT2D eigenvalue weighted by molar-refractivity contribution is -0.150. The largest absolute Gasteiger partial charge is 0.508 e. The Hall–Kier alpha value is -3.33. The second-order valence-electron chi connectivity index (χ2n) is 11.0. The number of fused-ring (bicyclic) bond motifs is 1. The predicted molar refractivity (Wildman–Crippen MR) is 140 cm³/mol. The van der Waals surface area contributed by atoms with Gasteiger partial charge < -0.3 is 9.84 Å². The minimum atomic E-state index is -1.41. The van der Waals surface area contributed by atoms with Gasteiger partial charge in [0.1, 0.15) is 11.3 Å². The summed E-state index contributed by atoms with van der Waals surface area (Å²) in [6, 6.07) is 12.3. The molecule has 0 saturated heterocycles. The number of aryl methyl sites for hydroxylation is 1. The molecule has 1 heterocycles. The third-order valence-corrected chi connectivity index (χ3v) is 8.64. The van der Waals surface area contributed by atoms with E-state index in [1.165, 1.54) is 16.8 Å². The monoisotopic (exact) mass is 507 g/mol. The minimum absolute atomic E-state index is 0.0719. The molecule has 0 aliphatic heterocycles. The minimum Gasteiger partial charge on any atom is -0.508 e. The van der Waals surface area contributed by atoms with Crippen LogP contribution in [0.25, 0.3) is 10.9 Å². The van der Waals surface area contributed by atoms with Crippen molar-refractivity contribution < 1.29 is 19.4 Å². The Bertz CT molecular complexity index is 1330. The van der Waals surface area contributed by atoms with Gasteiger partial charge in [-0.05, 0) is 68.1 Å². The number of benzene rings is 2. The Morgan fingerprint density at radius 3 is 2.53 bits per heavy atom. The van der Waals surface area contributed by atoms with E-state index in [4.69, 9.17) is 4.74 Å². The van der Waals surface area contributed by atoms with Crippen molar-refractivity contribution in [3.05, 3.63) is 63.9 Å². The van der Waals surface area contributed by atoms with Gasteiger partial charge in [0.15, 0.2) is 5.78 Å². The highest BCUT2D eigenvalue weighted by molar-refractivity contribution is 6.76. The van der Waals surface area contributed by atoms with E-state index < -0.39 is 25.9 Å². The Morgan fingerprint density at radius 2 is 1.83 bits per heavy atom. The van der Waals surface area contributed by atoms with Crippen LogP contribution in [0.5, 0.6) is 5.75 Å². The number of aromatic nitrogens is 3. The maximum atomic E-state index is 13.4. The van der Waals surface area contributed by atoms with Crippen molar-refractivity contribution in [3.63, 3.8) is 0 Å². The average molecular weight is 508 g/mol. The number of Topliss-reactive ketones (excluding diaryl/α,β-unsaturated/α-hetero) is 1. The third-order valence-electron chi connectivity index (χ3n) is 6.93. The third kappa shape index (κ3) is 5.72. The van der Waals surface area contributed by atoms with E-state index in [1.54, 1.807) is 24.3 Å². The van der Waals surface area contributed by atoms with E-state index in [0.29, 0.717) is 35.9 Å². The van der Waals surface area contributed by atoms with E-state index in [0.717, 1.165) is 11.6 Å². The van der Waals surface area contributed by atoms with E-state index >= 15 is 0 Å². The second-order valence-corrected chi connectivity index (χ2v) is 16.6. The van der Waals surface area contributed by atoms with Crippen molar-refractivity contribution in [3.8, 4) is 5.75 Å². The molecule has 3 atom stereocenters. The van der Waals surface area contributed by atoms with Gasteiger partial charge in [0.25, 0.3) is 5.56 Å². The average Bonchev–Trinajstić information content (AvgIpc) is 3.24. The van der Waals surface area contributed by atoms with Gasteiger partial charge in [-0.25, -0.2) is 4.68 Å². The molecule has 1 aliphatic rings. The molecule has 1 saturated carbocycles. The van der Waals surface area contributed by atoms with E-state index in [-0.39, 0.29) is 29.6 Å². The number of rotatable bonds is 8. The van der Waals surface area contributed by atoms with Gasteiger partial charge in [0, 0.05) is 19.6 Å². The summed E-state index contributed by atoms with van der Waals surface area (Å²) in [4.78, 5) is 39.9. The molecular formula is C27H33N3O5Si. The highest BCUT2D eigenvalue weighted by Crippen LogP contribution is 2.41. The van der Waals surface area contributed by atoms with Crippen LogP contribution in [0.4, 0.5) is 0 Å². The molecule has 0 unspecified atom stereocenters. The lowest BCUT2D eigenvalue weighted by atomic mass is 9.84. The molecule has 190 valence electrons. The van der Waals surface area contributed by atoms with Gasteiger partial charge >= 0.3 is 5.97 Å². The fourth-order valence-corrected chi connectivity index (χ4v) is 5.58. The van der Waals surface area contributed by atoms with Crippen LogP contribution in [0.1, 0.15) is 28.8 Å². The second kappa shape index (κ2) is 10.3. The first kappa shape index (κ1) is 25.8. The molecule has 0 spiro atoms. The molecular weight excluding hydrogens is 474 g/mol. The summed E-state index contributed by atoms with van der Waals surface area (Å²) < 4.78 is 7.01. The first-order valence-corrected chi connectivity index (χ1v) is 16.1. The first-order chi connectivity index (χ1) is 17.0. The number of ketones is 1. The van der Waals surface area contributed by atoms with E-state index in [1.807, 2.05) is 13.0 Å². The van der Waals surface area contributed by atoms with E-state index in [2.05, 4.69) is 30.0 Å². The normalized spacial score (nSPS) is 19.9. The molecule has 9 heteroatoms. The van der Waals surface area contributed by atoms with E-state index in [9.17, 15) is 19.5 Å². The smallest absolute Gasteiger partial charge is 0.310 e. The fourth-order valence-electron chi connectivity index (χ4n) is 4.86. The molecule has 1 aromatic heterocycles. The number of phenols is 1. The number of nitrogens with zero attached hydrogens (tertiary/aromatic N) is 3. The van der Waals surface area contributed by atoms with Crippen LogP contribution >= 0.6 is 0 Å². The highest BCUT2D eigenvalue weighted by Gasteiger charge is 2.46. The highest BCUT2D eigenvalue weighted by atomic mass is 28.3. The molecule has 1 N–H and O–H groups in total. The molecule has 1 aliphatic carbocycles. The van der Waals surface area contributed by atoms with Crippen LogP contribution in [0.3, 0.4) is 0 Å². The van der Waals surface area contributed by atoms with Gasteiger partial charge in [0.2, 0.25) is 0 Å². The van der Waals surface area contributed by atoms with Crippen LogP contribution in [-0.2, 0) is 16.1 Å². The van der Waals surface area contributed by atoms with Crippen molar-refractivity contribution in [1.82, 2.24) is 15.0 Å². The van der Waals surface area contributed by atoms with Gasteiger partial charge in [-0.2, -0.15) is 0 Å². The fraction of sp³-hybridized carbons (Fsp3) is 0.444. The lowest BCUT2D eigenvalue weighted by Crippen LogP contribution is -2.36. The van der Waals surface area contributed by atoms with Crippen molar-refractivity contribution >= 4 is 30.7 Å². The summed E-state index contributed by atoms with van der Waals surface area (Å²) in [5, 5.41) is 18.4. The van der Waals surface area contributed by atoms with Crippen LogP contribution in [0, 0.1) is 24.7 Å². The number of esters is 1. The SMILES string of the molecule is Cc1ccc2nnn(C[C@@H]3CC[C@H](C(=O)c4ccc(O)cc4)[C@H]3C(=O)OCC[Si](C)(C)C)c(=O)c2c1. The Labute approximate surface area is 211 Å². The summed E-state index contributed by atoms with van der Waals surface area (Å²) in [6.07, 6.45) is 1.09. The van der Waals surface area contributed by atoms with Crippen LogP contribution < -0.4 is 5.56 Å². The lowest BCUT2D eigenvalue weighted by Gasteiger charge is -2.24. The van der Waals surface area contributed by atoms with Crippen molar-refractivity contribution in [2.24, 2.45) is 17.8 Å². The van der Waals surface area contributed by atoms with Crippen LogP contribution in [0.15, 0.2) is 47.3 Å². The molecule has 4 rings (SSSR count). The maximum Gasteiger partial charge on any atom is 0.310 e. The number of aromatic hydroxyl groups is 1. The number of hydrogen-bond donors (Lipinski definition) is 1. The summed E-state index contributed by atoms with van der Waals surface area (Å²) in [7, 11) is -1.41. The molecule has 0 bridgehead atoms.